The molecule has 3 heterocycles. The maximum Gasteiger partial charge on any atom is 0.268 e. The van der Waals surface area contributed by atoms with E-state index in [0.29, 0.717) is 21.5 Å². The Morgan fingerprint density at radius 1 is 1.35 bits per heavy atom. The molecule has 2 unspecified atom stereocenters. The van der Waals surface area contributed by atoms with Gasteiger partial charge in [-0.15, -0.1) is 0 Å². The average Bonchev–Trinajstić information content (AvgIpc) is 2.65. The van der Waals surface area contributed by atoms with E-state index in [2.05, 4.69) is 15.3 Å². The summed E-state index contributed by atoms with van der Waals surface area (Å²) in [5.41, 5.74) is -0.132. The summed E-state index contributed by atoms with van der Waals surface area (Å²) in [6.07, 6.45) is 6.10. The SMILES string of the molecule is O=c1[nH]cnc(OC2CC3CCC(C2)N3)c1I. The van der Waals surface area contributed by atoms with Crippen molar-refractivity contribution in [1.29, 1.82) is 0 Å². The van der Waals surface area contributed by atoms with E-state index in [1.807, 2.05) is 22.6 Å². The van der Waals surface area contributed by atoms with Crippen LogP contribution in [-0.2, 0) is 0 Å². The Morgan fingerprint density at radius 2 is 2.06 bits per heavy atom. The van der Waals surface area contributed by atoms with Crippen molar-refractivity contribution in [1.82, 2.24) is 15.3 Å². The van der Waals surface area contributed by atoms with Crippen LogP contribution in [0, 0.1) is 3.57 Å². The van der Waals surface area contributed by atoms with Crippen LogP contribution in [0.25, 0.3) is 0 Å². The average molecular weight is 347 g/mol. The molecule has 2 aliphatic heterocycles. The highest BCUT2D eigenvalue weighted by molar-refractivity contribution is 14.1. The highest BCUT2D eigenvalue weighted by Gasteiger charge is 2.34. The number of aromatic amines is 1. The zero-order valence-corrected chi connectivity index (χ0v) is 11.4. The predicted octanol–water partition coefficient (Wildman–Crippen LogP) is 1.04. The number of aromatic nitrogens is 2. The summed E-state index contributed by atoms with van der Waals surface area (Å²) < 4.78 is 6.41. The fraction of sp³-hybridized carbons (Fsp3) is 0.636. The molecule has 92 valence electrons. The minimum Gasteiger partial charge on any atom is -0.473 e. The van der Waals surface area contributed by atoms with Crippen molar-refractivity contribution in [3.8, 4) is 5.88 Å². The second-order valence-corrected chi connectivity index (χ2v) is 5.78. The molecule has 0 radical (unpaired) electrons. The highest BCUT2D eigenvalue weighted by atomic mass is 127. The number of halogens is 1. The van der Waals surface area contributed by atoms with Crippen molar-refractivity contribution >= 4 is 22.6 Å². The lowest BCUT2D eigenvalue weighted by Crippen LogP contribution is -2.42. The van der Waals surface area contributed by atoms with Crippen LogP contribution >= 0.6 is 22.6 Å². The number of piperidine rings is 1. The summed E-state index contributed by atoms with van der Waals surface area (Å²) in [7, 11) is 0. The molecular formula is C11H14IN3O2. The van der Waals surface area contributed by atoms with Gasteiger partial charge in [-0.3, -0.25) is 4.79 Å². The van der Waals surface area contributed by atoms with E-state index < -0.39 is 0 Å². The van der Waals surface area contributed by atoms with Crippen LogP contribution in [0.5, 0.6) is 5.88 Å². The monoisotopic (exact) mass is 347 g/mol. The van der Waals surface area contributed by atoms with Crippen LogP contribution in [0.2, 0.25) is 0 Å². The van der Waals surface area contributed by atoms with Gasteiger partial charge in [-0.25, -0.2) is 4.98 Å². The number of nitrogens with zero attached hydrogens (tertiary/aromatic N) is 1. The Bertz CT molecular complexity index is 464. The molecule has 2 atom stereocenters. The minimum absolute atomic E-state index is 0.132. The molecule has 1 aromatic heterocycles. The van der Waals surface area contributed by atoms with Gasteiger partial charge in [-0.1, -0.05) is 0 Å². The molecule has 2 aliphatic rings. The summed E-state index contributed by atoms with van der Waals surface area (Å²) in [6, 6.07) is 1.16. The molecule has 6 heteroatoms. The largest absolute Gasteiger partial charge is 0.473 e. The molecule has 17 heavy (non-hydrogen) atoms. The first-order valence-electron chi connectivity index (χ1n) is 5.88. The summed E-state index contributed by atoms with van der Waals surface area (Å²) >= 11 is 1.98. The third-order valence-electron chi connectivity index (χ3n) is 3.47. The third-order valence-corrected chi connectivity index (χ3v) is 4.42. The van der Waals surface area contributed by atoms with Gasteiger partial charge in [0.25, 0.3) is 5.56 Å². The zero-order chi connectivity index (χ0) is 11.8. The van der Waals surface area contributed by atoms with E-state index in [1.165, 1.54) is 19.2 Å². The maximum absolute atomic E-state index is 11.4. The van der Waals surface area contributed by atoms with Crippen LogP contribution in [0.1, 0.15) is 25.7 Å². The Morgan fingerprint density at radius 3 is 2.76 bits per heavy atom. The fourth-order valence-electron chi connectivity index (χ4n) is 2.71. The third kappa shape index (κ3) is 2.33. The number of ether oxygens (including phenoxy) is 1. The molecule has 2 fully saturated rings. The van der Waals surface area contributed by atoms with Crippen molar-refractivity contribution in [3.05, 3.63) is 20.3 Å². The van der Waals surface area contributed by atoms with Crippen LogP contribution in [0.3, 0.4) is 0 Å². The number of H-pyrrole nitrogens is 1. The first-order chi connectivity index (χ1) is 8.22. The molecule has 5 nitrogen and oxygen atoms in total. The molecule has 0 aliphatic carbocycles. The van der Waals surface area contributed by atoms with Gasteiger partial charge < -0.3 is 15.0 Å². The zero-order valence-electron chi connectivity index (χ0n) is 9.28. The van der Waals surface area contributed by atoms with Gasteiger partial charge in [0.1, 0.15) is 9.67 Å². The van der Waals surface area contributed by atoms with E-state index >= 15 is 0 Å². The maximum atomic E-state index is 11.4. The molecule has 2 bridgehead atoms. The summed E-state index contributed by atoms with van der Waals surface area (Å²) in [4.78, 5) is 18.1. The first-order valence-corrected chi connectivity index (χ1v) is 6.96. The lowest BCUT2D eigenvalue weighted by molar-refractivity contribution is 0.130. The number of hydrogen-bond donors (Lipinski definition) is 2. The van der Waals surface area contributed by atoms with Gasteiger partial charge in [-0.05, 0) is 48.3 Å². The van der Waals surface area contributed by atoms with Crippen LogP contribution in [0.15, 0.2) is 11.1 Å². The van der Waals surface area contributed by atoms with Crippen molar-refractivity contribution in [3.63, 3.8) is 0 Å². The number of hydrogen-bond acceptors (Lipinski definition) is 4. The number of rotatable bonds is 2. The summed E-state index contributed by atoms with van der Waals surface area (Å²) in [6.45, 7) is 0. The van der Waals surface area contributed by atoms with Gasteiger partial charge in [0.05, 0.1) is 6.33 Å². The van der Waals surface area contributed by atoms with E-state index in [0.717, 1.165) is 12.8 Å². The van der Waals surface area contributed by atoms with Crippen molar-refractivity contribution in [2.45, 2.75) is 43.9 Å². The molecule has 3 rings (SSSR count). The smallest absolute Gasteiger partial charge is 0.268 e. The van der Waals surface area contributed by atoms with E-state index in [1.54, 1.807) is 0 Å². The van der Waals surface area contributed by atoms with Crippen molar-refractivity contribution < 1.29 is 4.74 Å². The van der Waals surface area contributed by atoms with E-state index in [-0.39, 0.29) is 11.7 Å². The number of fused-ring (bicyclic) bond motifs is 2. The van der Waals surface area contributed by atoms with Gasteiger partial charge in [0.15, 0.2) is 0 Å². The van der Waals surface area contributed by atoms with Crippen LogP contribution in [-0.4, -0.2) is 28.2 Å². The molecule has 0 saturated carbocycles. The second kappa shape index (κ2) is 4.56. The van der Waals surface area contributed by atoms with E-state index in [9.17, 15) is 4.79 Å². The Labute approximate surface area is 113 Å². The molecular weight excluding hydrogens is 333 g/mol. The van der Waals surface area contributed by atoms with Crippen LogP contribution < -0.4 is 15.6 Å². The highest BCUT2D eigenvalue weighted by Crippen LogP contribution is 2.29. The standard InChI is InChI=1S/C11H14IN3O2/c12-9-10(16)13-5-14-11(9)17-8-3-6-1-2-7(4-8)15-6/h5-8,15H,1-4H2,(H,13,14,16). The normalized spacial score (nSPS) is 31.5. The Hall–Kier alpha value is -0.630. The predicted molar refractivity (Wildman–Crippen MR) is 71.2 cm³/mol. The summed E-state index contributed by atoms with van der Waals surface area (Å²) in [5.74, 6) is 0.473. The molecule has 2 N–H and O–H groups in total. The topological polar surface area (TPSA) is 67.0 Å². The fourth-order valence-corrected chi connectivity index (χ4v) is 3.13. The van der Waals surface area contributed by atoms with Crippen molar-refractivity contribution in [2.75, 3.05) is 0 Å². The lowest BCUT2D eigenvalue weighted by atomic mass is 10.0. The lowest BCUT2D eigenvalue weighted by Gasteiger charge is -2.29. The molecule has 1 aromatic rings. The second-order valence-electron chi connectivity index (χ2n) is 4.70. The van der Waals surface area contributed by atoms with Crippen LogP contribution in [0.4, 0.5) is 0 Å². The Balaban J connectivity index is 1.75. The van der Waals surface area contributed by atoms with Gasteiger partial charge in [0.2, 0.25) is 5.88 Å². The van der Waals surface area contributed by atoms with Gasteiger partial charge in [-0.2, -0.15) is 0 Å². The quantitative estimate of drug-likeness (QED) is 0.785. The minimum atomic E-state index is -0.132. The number of nitrogens with one attached hydrogen (secondary N) is 2. The van der Waals surface area contributed by atoms with Crippen molar-refractivity contribution in [2.24, 2.45) is 0 Å². The van der Waals surface area contributed by atoms with Gasteiger partial charge >= 0.3 is 0 Å². The summed E-state index contributed by atoms with van der Waals surface area (Å²) in [5, 5.41) is 3.56. The first kappa shape index (κ1) is 11.5. The van der Waals surface area contributed by atoms with Gasteiger partial charge in [0, 0.05) is 12.1 Å². The molecule has 0 aromatic carbocycles. The van der Waals surface area contributed by atoms with E-state index in [4.69, 9.17) is 4.74 Å². The molecule has 0 spiro atoms. The molecule has 2 saturated heterocycles. The Kier molecular flexibility index (Phi) is 3.08. The molecule has 0 amide bonds.